The third kappa shape index (κ3) is 3.00. The van der Waals surface area contributed by atoms with E-state index >= 15 is 0 Å². The number of likely N-dealkylation sites (tertiary alicyclic amines) is 1. The number of benzene rings is 1. The SMILES string of the molecule is N#Cc1c[nH]c(C(=O)N2CCCC[C@H]2c2ncc(-c3ccccc3)[nH]2)c1. The molecular formula is C20H19N5O. The zero-order valence-electron chi connectivity index (χ0n) is 14.3. The second-order valence-electron chi connectivity index (χ2n) is 6.47. The van der Waals surface area contributed by atoms with Crippen molar-refractivity contribution in [3.63, 3.8) is 0 Å². The Kier molecular flexibility index (Phi) is 4.28. The first-order valence-electron chi connectivity index (χ1n) is 8.76. The van der Waals surface area contributed by atoms with Gasteiger partial charge in [-0.25, -0.2) is 4.98 Å². The van der Waals surface area contributed by atoms with Gasteiger partial charge in [-0.15, -0.1) is 0 Å². The van der Waals surface area contributed by atoms with Gasteiger partial charge in [-0.2, -0.15) is 5.26 Å². The van der Waals surface area contributed by atoms with Crippen molar-refractivity contribution in [3.05, 3.63) is 65.9 Å². The lowest BCUT2D eigenvalue weighted by Crippen LogP contribution is -2.39. The maximum Gasteiger partial charge on any atom is 0.270 e. The van der Waals surface area contributed by atoms with Gasteiger partial charge in [0.15, 0.2) is 0 Å². The highest BCUT2D eigenvalue weighted by Gasteiger charge is 2.31. The minimum atomic E-state index is -0.0890. The van der Waals surface area contributed by atoms with Crippen LogP contribution in [0.1, 0.15) is 47.2 Å². The number of H-pyrrole nitrogens is 2. The summed E-state index contributed by atoms with van der Waals surface area (Å²) in [6, 6.07) is 13.6. The first-order valence-corrected chi connectivity index (χ1v) is 8.76. The molecule has 1 aromatic carbocycles. The molecule has 1 aliphatic heterocycles. The number of imidazole rings is 1. The van der Waals surface area contributed by atoms with E-state index in [0.29, 0.717) is 17.8 Å². The van der Waals surface area contributed by atoms with E-state index in [0.717, 1.165) is 36.3 Å². The molecule has 1 saturated heterocycles. The highest BCUT2D eigenvalue weighted by atomic mass is 16.2. The molecule has 1 fully saturated rings. The fourth-order valence-corrected chi connectivity index (χ4v) is 3.47. The van der Waals surface area contributed by atoms with Gasteiger partial charge < -0.3 is 14.9 Å². The summed E-state index contributed by atoms with van der Waals surface area (Å²) in [5.41, 5.74) is 2.93. The number of hydrogen-bond donors (Lipinski definition) is 2. The molecule has 130 valence electrons. The van der Waals surface area contributed by atoms with E-state index in [1.54, 1.807) is 12.3 Å². The molecule has 3 heterocycles. The summed E-state index contributed by atoms with van der Waals surface area (Å²) in [6.07, 6.45) is 6.29. The highest BCUT2D eigenvalue weighted by Crippen LogP contribution is 2.31. The summed E-state index contributed by atoms with van der Waals surface area (Å²) in [5.74, 6) is 0.720. The molecule has 0 unspecified atom stereocenters. The molecule has 0 saturated carbocycles. The van der Waals surface area contributed by atoms with Gasteiger partial charge in [0, 0.05) is 12.7 Å². The molecule has 2 aromatic heterocycles. The minimum Gasteiger partial charge on any atom is -0.356 e. The number of carbonyl (C=O) groups is 1. The average molecular weight is 345 g/mol. The van der Waals surface area contributed by atoms with Gasteiger partial charge in [-0.05, 0) is 30.9 Å². The first-order chi connectivity index (χ1) is 12.8. The van der Waals surface area contributed by atoms with Crippen LogP contribution in [0.15, 0.2) is 48.8 Å². The molecule has 1 amide bonds. The van der Waals surface area contributed by atoms with Crippen LogP contribution in [-0.4, -0.2) is 32.3 Å². The number of aromatic nitrogens is 3. The summed E-state index contributed by atoms with van der Waals surface area (Å²) < 4.78 is 0. The molecule has 26 heavy (non-hydrogen) atoms. The number of nitrogens with one attached hydrogen (secondary N) is 2. The molecule has 6 nitrogen and oxygen atoms in total. The third-order valence-corrected chi connectivity index (χ3v) is 4.80. The molecule has 0 aliphatic carbocycles. The van der Waals surface area contributed by atoms with Gasteiger partial charge in [0.25, 0.3) is 5.91 Å². The molecule has 4 rings (SSSR count). The fraction of sp³-hybridized carbons (Fsp3) is 0.250. The first kappa shape index (κ1) is 16.2. The zero-order chi connectivity index (χ0) is 17.9. The lowest BCUT2D eigenvalue weighted by molar-refractivity contribution is 0.0595. The smallest absolute Gasteiger partial charge is 0.270 e. The van der Waals surface area contributed by atoms with Gasteiger partial charge in [0.2, 0.25) is 0 Å². The number of carbonyl (C=O) groups excluding carboxylic acids is 1. The van der Waals surface area contributed by atoms with E-state index in [1.807, 2.05) is 47.5 Å². The predicted molar refractivity (Wildman–Crippen MR) is 97.2 cm³/mol. The Balaban J connectivity index is 1.61. The van der Waals surface area contributed by atoms with Crippen LogP contribution in [0, 0.1) is 11.3 Å². The normalized spacial score (nSPS) is 17.0. The molecule has 6 heteroatoms. The molecular weight excluding hydrogens is 326 g/mol. The second kappa shape index (κ2) is 6.89. The monoisotopic (exact) mass is 345 g/mol. The van der Waals surface area contributed by atoms with Crippen LogP contribution in [0.4, 0.5) is 0 Å². The van der Waals surface area contributed by atoms with Crippen LogP contribution in [0.2, 0.25) is 0 Å². The Hall–Kier alpha value is -3.33. The summed E-state index contributed by atoms with van der Waals surface area (Å²) >= 11 is 0. The van der Waals surface area contributed by atoms with Crippen molar-refractivity contribution in [2.75, 3.05) is 6.54 Å². The predicted octanol–water partition coefficient (Wildman–Crippen LogP) is 3.64. The quantitative estimate of drug-likeness (QED) is 0.759. The Bertz CT molecular complexity index is 950. The summed E-state index contributed by atoms with van der Waals surface area (Å²) in [7, 11) is 0. The lowest BCUT2D eigenvalue weighted by atomic mass is 10.0. The van der Waals surface area contributed by atoms with Gasteiger partial charge in [0.05, 0.1) is 23.5 Å². The van der Waals surface area contributed by atoms with E-state index < -0.39 is 0 Å². The number of nitrogens with zero attached hydrogens (tertiary/aromatic N) is 3. The number of aromatic amines is 2. The highest BCUT2D eigenvalue weighted by molar-refractivity contribution is 5.93. The van der Waals surface area contributed by atoms with Gasteiger partial charge in [0.1, 0.15) is 17.6 Å². The van der Waals surface area contributed by atoms with Crippen LogP contribution >= 0.6 is 0 Å². The van der Waals surface area contributed by atoms with E-state index in [4.69, 9.17) is 5.26 Å². The molecule has 0 spiro atoms. The average Bonchev–Trinajstić information content (AvgIpc) is 3.38. The van der Waals surface area contributed by atoms with Crippen LogP contribution in [-0.2, 0) is 0 Å². The number of piperidine rings is 1. The van der Waals surface area contributed by atoms with Crippen LogP contribution in [0.25, 0.3) is 11.3 Å². The molecule has 1 atom stereocenters. The van der Waals surface area contributed by atoms with Crippen molar-refractivity contribution in [3.8, 4) is 17.3 Å². The van der Waals surface area contributed by atoms with Crippen molar-refractivity contribution < 1.29 is 4.79 Å². The van der Waals surface area contributed by atoms with Crippen molar-refractivity contribution in [2.24, 2.45) is 0 Å². The van der Waals surface area contributed by atoms with E-state index in [2.05, 4.69) is 15.0 Å². The topological polar surface area (TPSA) is 88.6 Å². The number of rotatable bonds is 3. The minimum absolute atomic E-state index is 0.0810. The van der Waals surface area contributed by atoms with Crippen LogP contribution < -0.4 is 0 Å². The van der Waals surface area contributed by atoms with Crippen molar-refractivity contribution in [1.82, 2.24) is 19.9 Å². The van der Waals surface area contributed by atoms with Crippen molar-refractivity contribution in [2.45, 2.75) is 25.3 Å². The molecule has 0 radical (unpaired) electrons. The van der Waals surface area contributed by atoms with Gasteiger partial charge in [-0.3, -0.25) is 4.79 Å². The standard InChI is InChI=1S/C20H19N5O/c21-11-14-10-16(22-12-14)20(26)25-9-5-4-8-18(25)19-23-13-17(24-19)15-6-2-1-3-7-15/h1-3,6-7,10,12-13,18,22H,4-5,8-9H2,(H,23,24)/t18-/m0/s1. The molecule has 0 bridgehead atoms. The molecule has 2 N–H and O–H groups in total. The van der Waals surface area contributed by atoms with Crippen LogP contribution in [0.5, 0.6) is 0 Å². The Labute approximate surface area is 151 Å². The Morgan fingerprint density at radius 1 is 1.27 bits per heavy atom. The summed E-state index contributed by atoms with van der Waals surface area (Å²) in [6.45, 7) is 0.686. The molecule has 1 aliphatic rings. The summed E-state index contributed by atoms with van der Waals surface area (Å²) in [4.78, 5) is 25.6. The van der Waals surface area contributed by atoms with Crippen LogP contribution in [0.3, 0.4) is 0 Å². The second-order valence-corrected chi connectivity index (χ2v) is 6.47. The van der Waals surface area contributed by atoms with Gasteiger partial charge in [-0.1, -0.05) is 30.3 Å². The Morgan fingerprint density at radius 2 is 2.12 bits per heavy atom. The maximum absolute atomic E-state index is 12.9. The molecule has 3 aromatic rings. The van der Waals surface area contributed by atoms with Crippen molar-refractivity contribution >= 4 is 5.91 Å². The van der Waals surface area contributed by atoms with E-state index in [-0.39, 0.29) is 11.9 Å². The Morgan fingerprint density at radius 3 is 2.88 bits per heavy atom. The number of nitriles is 1. The summed E-state index contributed by atoms with van der Waals surface area (Å²) in [5, 5.41) is 8.97. The zero-order valence-corrected chi connectivity index (χ0v) is 14.3. The fourth-order valence-electron chi connectivity index (χ4n) is 3.47. The van der Waals surface area contributed by atoms with E-state index in [1.165, 1.54) is 0 Å². The van der Waals surface area contributed by atoms with E-state index in [9.17, 15) is 4.79 Å². The van der Waals surface area contributed by atoms with Gasteiger partial charge >= 0.3 is 0 Å². The number of hydrogen-bond acceptors (Lipinski definition) is 3. The maximum atomic E-state index is 12.9. The number of amides is 1. The third-order valence-electron chi connectivity index (χ3n) is 4.80. The van der Waals surface area contributed by atoms with Crippen molar-refractivity contribution in [1.29, 1.82) is 5.26 Å². The largest absolute Gasteiger partial charge is 0.356 e. The lowest BCUT2D eigenvalue weighted by Gasteiger charge is -2.34.